The van der Waals surface area contributed by atoms with Gasteiger partial charge in [0.1, 0.15) is 17.3 Å². The van der Waals surface area contributed by atoms with Crippen LogP contribution in [0.2, 0.25) is 0 Å². The van der Waals surface area contributed by atoms with E-state index in [0.29, 0.717) is 17.8 Å². The molecular formula is C28H30F2N4O2S. The zero-order valence-electron chi connectivity index (χ0n) is 20.5. The minimum absolute atomic E-state index is 0.106. The molecule has 4 N–H and O–H groups in total. The van der Waals surface area contributed by atoms with Crippen molar-refractivity contribution in [2.45, 2.75) is 38.4 Å². The fourth-order valence-electron chi connectivity index (χ4n) is 4.53. The van der Waals surface area contributed by atoms with Gasteiger partial charge in [0.2, 0.25) is 0 Å². The maximum atomic E-state index is 13.8. The molecule has 4 rings (SSSR count). The molecule has 194 valence electrons. The number of nitrogens with one attached hydrogen (secondary N) is 1. The van der Waals surface area contributed by atoms with Crippen LogP contribution in [-0.2, 0) is 24.2 Å². The van der Waals surface area contributed by atoms with Crippen LogP contribution in [0.25, 0.3) is 10.6 Å². The number of nitrogens with zero attached hydrogens (tertiary/aromatic N) is 2. The lowest BCUT2D eigenvalue weighted by molar-refractivity contribution is -0.143. The van der Waals surface area contributed by atoms with Crippen LogP contribution >= 0.6 is 11.3 Å². The largest absolute Gasteiger partial charge is 0.480 e. The summed E-state index contributed by atoms with van der Waals surface area (Å²) in [6.07, 6.45) is 2.66. The first-order valence-electron chi connectivity index (χ1n) is 12.1. The van der Waals surface area contributed by atoms with Crippen LogP contribution in [0.5, 0.6) is 0 Å². The van der Waals surface area contributed by atoms with Gasteiger partial charge in [0, 0.05) is 37.3 Å². The van der Waals surface area contributed by atoms with Crippen LogP contribution in [0.15, 0.2) is 72.2 Å². The van der Waals surface area contributed by atoms with Crippen molar-refractivity contribution < 1.29 is 18.7 Å². The lowest BCUT2D eigenvalue weighted by Crippen LogP contribution is -2.46. The van der Waals surface area contributed by atoms with Gasteiger partial charge in [0.05, 0.1) is 4.88 Å². The summed E-state index contributed by atoms with van der Waals surface area (Å²) in [6.45, 7) is 2.88. The molecule has 0 aliphatic heterocycles. The molecule has 3 atom stereocenters. The molecule has 0 radical (unpaired) electrons. The van der Waals surface area contributed by atoms with Gasteiger partial charge in [-0.1, -0.05) is 37.3 Å². The first-order chi connectivity index (χ1) is 17.8. The van der Waals surface area contributed by atoms with Crippen molar-refractivity contribution in [3.05, 3.63) is 101 Å². The first-order valence-corrected chi connectivity index (χ1v) is 13.0. The van der Waals surface area contributed by atoms with Gasteiger partial charge in [-0.2, -0.15) is 5.10 Å². The molecule has 6 nitrogen and oxygen atoms in total. The van der Waals surface area contributed by atoms with E-state index in [1.54, 1.807) is 12.3 Å². The van der Waals surface area contributed by atoms with Crippen LogP contribution < -0.4 is 11.1 Å². The van der Waals surface area contributed by atoms with Gasteiger partial charge < -0.3 is 16.2 Å². The van der Waals surface area contributed by atoms with Crippen molar-refractivity contribution in [2.24, 2.45) is 11.7 Å². The number of carboxylic acid groups (broad SMARTS) is 1. The monoisotopic (exact) mass is 524 g/mol. The van der Waals surface area contributed by atoms with Crippen molar-refractivity contribution in [3.63, 3.8) is 0 Å². The van der Waals surface area contributed by atoms with E-state index in [2.05, 4.69) is 29.5 Å². The van der Waals surface area contributed by atoms with E-state index in [9.17, 15) is 18.7 Å². The lowest BCUT2D eigenvalue weighted by Gasteiger charge is -2.30. The molecular weight excluding hydrogens is 494 g/mol. The highest BCUT2D eigenvalue weighted by atomic mass is 32.1. The quantitative estimate of drug-likeness (QED) is 0.241. The van der Waals surface area contributed by atoms with Crippen LogP contribution in [0, 0.1) is 17.6 Å². The van der Waals surface area contributed by atoms with E-state index in [-0.39, 0.29) is 13.0 Å². The summed E-state index contributed by atoms with van der Waals surface area (Å²) < 4.78 is 29.1. The molecule has 1 unspecified atom stereocenters. The number of thiophene rings is 1. The predicted octanol–water partition coefficient (Wildman–Crippen LogP) is 5.05. The Morgan fingerprint density at radius 3 is 2.51 bits per heavy atom. The number of hydrogen-bond acceptors (Lipinski definition) is 5. The zero-order chi connectivity index (χ0) is 26.4. The van der Waals surface area contributed by atoms with E-state index in [1.807, 2.05) is 29.6 Å². The highest BCUT2D eigenvalue weighted by Gasteiger charge is 2.35. The first kappa shape index (κ1) is 26.7. The number of aromatic nitrogens is 2. The Balaban J connectivity index is 1.59. The normalized spacial score (nSPS) is 13.8. The Morgan fingerprint density at radius 1 is 1.08 bits per heavy atom. The molecule has 2 aromatic carbocycles. The minimum Gasteiger partial charge on any atom is -0.480 e. The number of carboxylic acids is 1. The third kappa shape index (κ3) is 6.88. The molecule has 0 saturated carbocycles. The van der Waals surface area contributed by atoms with E-state index >= 15 is 0 Å². The summed E-state index contributed by atoms with van der Waals surface area (Å²) >= 11 is 1.51. The standard InChI is InChI=1S/C28H30F2N4O2S/c1-2-18-5-3-6-19(11-18)16-32-17-23(24(31)14-20-12-21(29)15-22(30)13-20)27(28(35)36)34-9-8-25(33-34)26-7-4-10-37-26/h3-13,15,23-24,27,32H,2,14,16-17,31H2,1H3,(H,35,36)/t23-,24+,27?/m1/s1. The average Bonchev–Trinajstić information content (AvgIpc) is 3.55. The van der Waals surface area contributed by atoms with Crippen LogP contribution in [0.4, 0.5) is 8.78 Å². The second kappa shape index (κ2) is 12.2. The van der Waals surface area contributed by atoms with Crippen LogP contribution in [0.3, 0.4) is 0 Å². The molecule has 37 heavy (non-hydrogen) atoms. The maximum absolute atomic E-state index is 13.8. The van der Waals surface area contributed by atoms with Gasteiger partial charge in [0.25, 0.3) is 0 Å². The van der Waals surface area contributed by atoms with Gasteiger partial charge in [-0.25, -0.2) is 13.6 Å². The number of benzene rings is 2. The third-order valence-electron chi connectivity index (χ3n) is 6.38. The Kier molecular flexibility index (Phi) is 8.81. The molecule has 0 spiro atoms. The molecule has 0 aliphatic rings. The van der Waals surface area contributed by atoms with E-state index in [1.165, 1.54) is 33.7 Å². The van der Waals surface area contributed by atoms with Crippen LogP contribution in [-0.4, -0.2) is 33.4 Å². The number of carbonyl (C=O) groups is 1. The molecule has 0 fully saturated rings. The summed E-state index contributed by atoms with van der Waals surface area (Å²) in [5.74, 6) is -3.11. The van der Waals surface area contributed by atoms with Crippen molar-refractivity contribution in [2.75, 3.05) is 6.54 Å². The maximum Gasteiger partial charge on any atom is 0.328 e. The second-order valence-electron chi connectivity index (χ2n) is 9.06. The van der Waals surface area contributed by atoms with Gasteiger partial charge in [-0.05, 0) is 59.2 Å². The number of nitrogens with two attached hydrogens (primary N) is 1. The van der Waals surface area contributed by atoms with Crippen LogP contribution in [0.1, 0.15) is 29.7 Å². The summed E-state index contributed by atoms with van der Waals surface area (Å²) in [6, 6.07) is 15.2. The molecule has 2 aromatic heterocycles. The molecule has 0 saturated heterocycles. The molecule has 0 amide bonds. The van der Waals surface area contributed by atoms with Gasteiger partial charge in [0.15, 0.2) is 6.04 Å². The SMILES string of the molecule is CCc1cccc(CNC[C@@H](C(C(=O)O)n2ccc(-c3cccs3)n2)[C@@H](N)Cc2cc(F)cc(F)c2)c1. The third-order valence-corrected chi connectivity index (χ3v) is 7.27. The number of aliphatic carboxylic acids is 1. The Bertz CT molecular complexity index is 1310. The zero-order valence-corrected chi connectivity index (χ0v) is 21.3. The van der Waals surface area contributed by atoms with Gasteiger partial charge in [-0.3, -0.25) is 4.68 Å². The minimum atomic E-state index is -1.09. The van der Waals surface area contributed by atoms with E-state index < -0.39 is 35.6 Å². The number of rotatable bonds is 12. The van der Waals surface area contributed by atoms with Crippen molar-refractivity contribution in [1.82, 2.24) is 15.1 Å². The Hall–Kier alpha value is -3.40. The topological polar surface area (TPSA) is 93.2 Å². The Morgan fingerprint density at radius 2 is 1.84 bits per heavy atom. The predicted molar refractivity (Wildman–Crippen MR) is 141 cm³/mol. The molecule has 2 heterocycles. The highest BCUT2D eigenvalue weighted by molar-refractivity contribution is 7.13. The van der Waals surface area contributed by atoms with E-state index in [4.69, 9.17) is 5.73 Å². The summed E-state index contributed by atoms with van der Waals surface area (Å²) in [5.41, 5.74) is 9.89. The fraction of sp³-hybridized carbons (Fsp3) is 0.286. The average molecular weight is 525 g/mol. The van der Waals surface area contributed by atoms with E-state index in [0.717, 1.165) is 22.9 Å². The smallest absolute Gasteiger partial charge is 0.328 e. The van der Waals surface area contributed by atoms with Gasteiger partial charge >= 0.3 is 5.97 Å². The summed E-state index contributed by atoms with van der Waals surface area (Å²) in [5, 5.41) is 20.1. The fourth-order valence-corrected chi connectivity index (χ4v) is 5.22. The number of halogens is 2. The molecule has 4 aromatic rings. The molecule has 9 heteroatoms. The second-order valence-corrected chi connectivity index (χ2v) is 10.0. The Labute approximate surface area is 218 Å². The lowest BCUT2D eigenvalue weighted by atomic mass is 9.87. The van der Waals surface area contributed by atoms with Crippen molar-refractivity contribution in [3.8, 4) is 10.6 Å². The van der Waals surface area contributed by atoms with Crippen molar-refractivity contribution >= 4 is 17.3 Å². The highest BCUT2D eigenvalue weighted by Crippen LogP contribution is 2.27. The summed E-state index contributed by atoms with van der Waals surface area (Å²) in [7, 11) is 0. The molecule has 0 bridgehead atoms. The summed E-state index contributed by atoms with van der Waals surface area (Å²) in [4.78, 5) is 13.5. The number of aryl methyl sites for hydroxylation is 1. The number of hydrogen-bond donors (Lipinski definition) is 3. The molecule has 0 aliphatic carbocycles. The van der Waals surface area contributed by atoms with Gasteiger partial charge in [-0.15, -0.1) is 11.3 Å². The van der Waals surface area contributed by atoms with Crippen molar-refractivity contribution in [1.29, 1.82) is 0 Å².